The first-order valence-electron chi connectivity index (χ1n) is 6.94. The van der Waals surface area contributed by atoms with Gasteiger partial charge in [0.2, 0.25) is 11.9 Å². The maximum absolute atomic E-state index is 12.4. The van der Waals surface area contributed by atoms with E-state index in [9.17, 15) is 9.59 Å². The van der Waals surface area contributed by atoms with Crippen molar-refractivity contribution in [2.75, 3.05) is 5.73 Å². The van der Waals surface area contributed by atoms with E-state index in [4.69, 9.17) is 5.73 Å². The summed E-state index contributed by atoms with van der Waals surface area (Å²) in [6.07, 6.45) is 0. The minimum Gasteiger partial charge on any atom is -0.367 e. The Morgan fingerprint density at radius 2 is 2.09 bits per heavy atom. The Morgan fingerprint density at radius 1 is 1.35 bits per heavy atom. The van der Waals surface area contributed by atoms with Gasteiger partial charge in [-0.1, -0.05) is 18.2 Å². The molecule has 2 aromatic heterocycles. The third kappa shape index (κ3) is 3.03. The number of anilines is 1. The van der Waals surface area contributed by atoms with Crippen LogP contribution >= 0.6 is 0 Å². The van der Waals surface area contributed by atoms with E-state index in [1.807, 2.05) is 12.1 Å². The number of nitrogens with two attached hydrogens (primary N) is 1. The highest BCUT2D eigenvalue weighted by molar-refractivity contribution is 5.83. The van der Waals surface area contributed by atoms with Crippen LogP contribution in [0.25, 0.3) is 10.8 Å². The van der Waals surface area contributed by atoms with Crippen molar-refractivity contribution in [3.8, 4) is 0 Å². The van der Waals surface area contributed by atoms with E-state index < -0.39 is 0 Å². The van der Waals surface area contributed by atoms with Crippen LogP contribution in [-0.2, 0) is 17.9 Å². The molecule has 1 aromatic carbocycles. The summed E-state index contributed by atoms with van der Waals surface area (Å²) in [6, 6.07) is 7.17. The lowest BCUT2D eigenvalue weighted by Gasteiger charge is -2.08. The van der Waals surface area contributed by atoms with Gasteiger partial charge in [-0.15, -0.1) is 5.10 Å². The summed E-state index contributed by atoms with van der Waals surface area (Å²) in [6.45, 7) is 1.77. The summed E-state index contributed by atoms with van der Waals surface area (Å²) in [4.78, 5) is 28.2. The van der Waals surface area contributed by atoms with Crippen LogP contribution in [0.1, 0.15) is 11.5 Å². The average molecular weight is 313 g/mol. The van der Waals surface area contributed by atoms with Gasteiger partial charge in [0.25, 0.3) is 5.56 Å². The molecule has 0 radical (unpaired) electrons. The van der Waals surface area contributed by atoms with Gasteiger partial charge >= 0.3 is 0 Å². The number of H-pyrrole nitrogens is 1. The Hall–Kier alpha value is -3.23. The van der Waals surface area contributed by atoms with E-state index in [1.165, 1.54) is 0 Å². The molecule has 9 nitrogen and oxygen atoms in total. The lowest BCUT2D eigenvalue weighted by molar-refractivity contribution is -0.122. The topological polar surface area (TPSA) is 132 Å². The van der Waals surface area contributed by atoms with E-state index in [0.29, 0.717) is 16.9 Å². The number of nitrogen functional groups attached to an aromatic ring is 1. The van der Waals surface area contributed by atoms with Gasteiger partial charge in [-0.2, -0.15) is 10.1 Å². The van der Waals surface area contributed by atoms with Crippen molar-refractivity contribution >= 4 is 22.6 Å². The van der Waals surface area contributed by atoms with E-state index in [-0.39, 0.29) is 30.5 Å². The molecule has 0 aliphatic carbocycles. The van der Waals surface area contributed by atoms with Gasteiger partial charge < -0.3 is 11.1 Å². The smallest absolute Gasteiger partial charge is 0.275 e. The summed E-state index contributed by atoms with van der Waals surface area (Å²) in [5, 5.41) is 14.4. The number of hydrogen-bond donors (Lipinski definition) is 3. The van der Waals surface area contributed by atoms with Crippen molar-refractivity contribution in [3.05, 3.63) is 46.1 Å². The highest BCUT2D eigenvalue weighted by Gasteiger charge is 2.11. The fourth-order valence-corrected chi connectivity index (χ4v) is 2.28. The predicted molar refractivity (Wildman–Crippen MR) is 83.4 cm³/mol. The number of hydrogen-bond acceptors (Lipinski definition) is 6. The van der Waals surface area contributed by atoms with Crippen LogP contribution in [-0.4, -0.2) is 30.9 Å². The van der Waals surface area contributed by atoms with Gasteiger partial charge in [0.1, 0.15) is 12.4 Å². The molecular weight excluding hydrogens is 298 g/mol. The second-order valence-corrected chi connectivity index (χ2v) is 5.01. The monoisotopic (exact) mass is 313 g/mol. The normalized spacial score (nSPS) is 10.8. The van der Waals surface area contributed by atoms with Gasteiger partial charge in [0, 0.05) is 5.39 Å². The first-order chi connectivity index (χ1) is 11.0. The number of carbonyl (C=O) groups excluding carboxylic acids is 1. The SMILES string of the molecule is Cc1nn(CC(=O)NCc2nc(N)n[nH]2)c(=O)c2ccccc12. The number of fused-ring (bicyclic) bond motifs is 1. The van der Waals surface area contributed by atoms with E-state index in [0.717, 1.165) is 10.1 Å². The van der Waals surface area contributed by atoms with Crippen LogP contribution in [0.2, 0.25) is 0 Å². The summed E-state index contributed by atoms with van der Waals surface area (Å²) >= 11 is 0. The third-order valence-electron chi connectivity index (χ3n) is 3.35. The molecule has 3 aromatic rings. The Morgan fingerprint density at radius 3 is 2.78 bits per heavy atom. The number of nitrogens with zero attached hydrogens (tertiary/aromatic N) is 4. The zero-order chi connectivity index (χ0) is 16.4. The highest BCUT2D eigenvalue weighted by Crippen LogP contribution is 2.11. The summed E-state index contributed by atoms with van der Waals surface area (Å²) in [5.74, 6) is 0.187. The summed E-state index contributed by atoms with van der Waals surface area (Å²) in [7, 11) is 0. The van der Waals surface area contributed by atoms with Crippen molar-refractivity contribution in [3.63, 3.8) is 0 Å². The molecule has 0 aliphatic rings. The molecule has 23 heavy (non-hydrogen) atoms. The third-order valence-corrected chi connectivity index (χ3v) is 3.35. The highest BCUT2D eigenvalue weighted by atomic mass is 16.2. The number of amides is 1. The second-order valence-electron chi connectivity index (χ2n) is 5.01. The molecule has 3 rings (SSSR count). The molecule has 0 spiro atoms. The van der Waals surface area contributed by atoms with E-state index in [1.54, 1.807) is 19.1 Å². The van der Waals surface area contributed by atoms with Crippen LogP contribution in [0, 0.1) is 6.92 Å². The number of nitrogens with one attached hydrogen (secondary N) is 2. The minimum atomic E-state index is -0.357. The molecule has 0 bridgehead atoms. The zero-order valence-electron chi connectivity index (χ0n) is 12.4. The van der Waals surface area contributed by atoms with Crippen LogP contribution in [0.15, 0.2) is 29.1 Å². The molecular formula is C14H15N7O2. The molecule has 118 valence electrons. The Labute approximate surface area is 130 Å². The molecule has 0 fully saturated rings. The van der Waals surface area contributed by atoms with E-state index in [2.05, 4.69) is 25.6 Å². The maximum Gasteiger partial charge on any atom is 0.275 e. The lowest BCUT2D eigenvalue weighted by atomic mass is 10.1. The number of rotatable bonds is 4. The van der Waals surface area contributed by atoms with Gasteiger partial charge in [0.05, 0.1) is 17.6 Å². The second kappa shape index (κ2) is 5.87. The minimum absolute atomic E-state index is 0.109. The Bertz CT molecular complexity index is 928. The lowest BCUT2D eigenvalue weighted by Crippen LogP contribution is -2.34. The number of aromatic nitrogens is 5. The number of carbonyl (C=O) groups is 1. The van der Waals surface area contributed by atoms with Gasteiger partial charge in [0.15, 0.2) is 0 Å². The molecule has 0 aliphatic heterocycles. The molecule has 0 atom stereocenters. The van der Waals surface area contributed by atoms with Crippen molar-refractivity contribution in [1.82, 2.24) is 30.3 Å². The molecule has 2 heterocycles. The predicted octanol–water partition coefficient (Wildman–Crippen LogP) is -0.278. The van der Waals surface area contributed by atoms with Crippen LogP contribution in [0.5, 0.6) is 0 Å². The molecule has 1 amide bonds. The zero-order valence-corrected chi connectivity index (χ0v) is 12.4. The van der Waals surface area contributed by atoms with Crippen LogP contribution in [0.4, 0.5) is 5.95 Å². The first-order valence-corrected chi connectivity index (χ1v) is 6.94. The standard InChI is InChI=1S/C14H15N7O2/c1-8-9-4-2-3-5-10(9)13(23)21(20-8)7-12(22)16-6-11-17-14(15)19-18-11/h2-5H,6-7H2,1H3,(H,16,22)(H3,15,17,18,19). The maximum atomic E-state index is 12.4. The molecule has 4 N–H and O–H groups in total. The molecule has 9 heteroatoms. The number of aromatic amines is 1. The number of aryl methyl sites for hydroxylation is 1. The number of benzene rings is 1. The molecule has 0 unspecified atom stereocenters. The first kappa shape index (κ1) is 14.7. The van der Waals surface area contributed by atoms with Crippen molar-refractivity contribution < 1.29 is 4.79 Å². The Balaban J connectivity index is 1.77. The molecule has 0 saturated carbocycles. The van der Waals surface area contributed by atoms with Crippen LogP contribution < -0.4 is 16.6 Å². The fourth-order valence-electron chi connectivity index (χ4n) is 2.28. The summed E-state index contributed by atoms with van der Waals surface area (Å²) in [5.41, 5.74) is 5.77. The van der Waals surface area contributed by atoms with Crippen molar-refractivity contribution in [2.24, 2.45) is 0 Å². The van der Waals surface area contributed by atoms with Gasteiger partial charge in [-0.05, 0) is 13.0 Å². The average Bonchev–Trinajstić information content (AvgIpc) is 2.96. The van der Waals surface area contributed by atoms with Crippen LogP contribution in [0.3, 0.4) is 0 Å². The van der Waals surface area contributed by atoms with Crippen molar-refractivity contribution in [1.29, 1.82) is 0 Å². The quantitative estimate of drug-likeness (QED) is 0.607. The van der Waals surface area contributed by atoms with Crippen molar-refractivity contribution in [2.45, 2.75) is 20.0 Å². The summed E-state index contributed by atoms with van der Waals surface area (Å²) < 4.78 is 1.15. The van der Waals surface area contributed by atoms with Gasteiger partial charge in [-0.3, -0.25) is 14.7 Å². The fraction of sp³-hybridized carbons (Fsp3) is 0.214. The Kier molecular flexibility index (Phi) is 3.75. The van der Waals surface area contributed by atoms with Gasteiger partial charge in [-0.25, -0.2) is 4.68 Å². The largest absolute Gasteiger partial charge is 0.367 e. The van der Waals surface area contributed by atoms with E-state index >= 15 is 0 Å². The molecule has 0 saturated heterocycles.